The fourth-order valence-corrected chi connectivity index (χ4v) is 4.26. The fraction of sp³-hybridized carbons (Fsp3) is 0.409. The number of carboxylic acid groups (broad SMARTS) is 1. The van der Waals surface area contributed by atoms with E-state index in [0.29, 0.717) is 34.0 Å². The number of hydrogen-bond acceptors (Lipinski definition) is 7. The Morgan fingerprint density at radius 3 is 2.59 bits per heavy atom. The van der Waals surface area contributed by atoms with Crippen LogP contribution in [0.1, 0.15) is 22.8 Å². The highest BCUT2D eigenvalue weighted by Gasteiger charge is 2.44. The van der Waals surface area contributed by atoms with Crippen LogP contribution in [0.15, 0.2) is 36.4 Å². The van der Waals surface area contributed by atoms with Crippen LogP contribution in [0, 0.1) is 0 Å². The molecule has 0 unspecified atom stereocenters. The number of hydrogen-bond donors (Lipinski definition) is 5. The van der Waals surface area contributed by atoms with Gasteiger partial charge in [0.05, 0.1) is 18.8 Å². The zero-order valence-corrected chi connectivity index (χ0v) is 17.7. The third-order valence-electron chi connectivity index (χ3n) is 5.80. The summed E-state index contributed by atoms with van der Waals surface area (Å²) in [5.74, 6) is 0.489. The third-order valence-corrected chi connectivity index (χ3v) is 6.17. The molecule has 32 heavy (non-hydrogen) atoms. The minimum absolute atomic E-state index is 0.235. The number of rotatable bonds is 4. The smallest absolute Gasteiger partial charge is 0.412 e. The van der Waals surface area contributed by atoms with Gasteiger partial charge < -0.3 is 35.0 Å². The van der Waals surface area contributed by atoms with E-state index < -0.39 is 43.2 Å². The maximum atomic E-state index is 11.5. The highest BCUT2D eigenvalue weighted by molar-refractivity contribution is 6.31. The first-order chi connectivity index (χ1) is 15.3. The first-order valence-corrected chi connectivity index (χ1v) is 10.5. The van der Waals surface area contributed by atoms with Crippen molar-refractivity contribution in [3.05, 3.63) is 58.1 Å². The van der Waals surface area contributed by atoms with Crippen LogP contribution in [0.4, 0.5) is 10.5 Å². The highest BCUT2D eigenvalue weighted by Crippen LogP contribution is 2.36. The lowest BCUT2D eigenvalue weighted by atomic mass is 9.90. The second-order valence-corrected chi connectivity index (χ2v) is 8.27. The van der Waals surface area contributed by atoms with E-state index in [1.165, 1.54) is 4.90 Å². The quantitative estimate of drug-likeness (QED) is 0.455. The Balaban J connectivity index is 1.62. The molecule has 4 rings (SSSR count). The molecule has 5 N–H and O–H groups in total. The van der Waals surface area contributed by atoms with Gasteiger partial charge in [0.2, 0.25) is 0 Å². The van der Waals surface area contributed by atoms with Crippen molar-refractivity contribution >= 4 is 23.4 Å². The van der Waals surface area contributed by atoms with Crippen LogP contribution in [0.5, 0.6) is 5.75 Å². The molecule has 2 aliphatic rings. The Morgan fingerprint density at radius 1 is 1.09 bits per heavy atom. The number of amides is 1. The Morgan fingerprint density at radius 2 is 1.88 bits per heavy atom. The van der Waals surface area contributed by atoms with Crippen molar-refractivity contribution in [2.45, 2.75) is 36.9 Å². The summed E-state index contributed by atoms with van der Waals surface area (Å²) in [5, 5.41) is 49.8. The molecule has 2 aliphatic heterocycles. The van der Waals surface area contributed by atoms with Crippen LogP contribution in [0.2, 0.25) is 5.02 Å². The van der Waals surface area contributed by atoms with Crippen LogP contribution >= 0.6 is 11.6 Å². The molecule has 9 nitrogen and oxygen atoms in total. The Bertz CT molecular complexity index is 1000. The molecular weight excluding hydrogens is 442 g/mol. The number of aliphatic hydroxyl groups excluding tert-OH is 4. The largest absolute Gasteiger partial charge is 0.490 e. The summed E-state index contributed by atoms with van der Waals surface area (Å²) in [6.07, 6.45) is -6.99. The van der Waals surface area contributed by atoms with Gasteiger partial charge in [-0.15, -0.1) is 0 Å². The van der Waals surface area contributed by atoms with E-state index in [-0.39, 0.29) is 13.2 Å². The van der Waals surface area contributed by atoms with Gasteiger partial charge in [-0.2, -0.15) is 0 Å². The second-order valence-electron chi connectivity index (χ2n) is 7.86. The molecule has 10 heteroatoms. The number of carbonyl (C=O) groups is 1. The molecule has 0 aromatic heterocycles. The summed E-state index contributed by atoms with van der Waals surface area (Å²) in [6.45, 7) is 0.00389. The zero-order chi connectivity index (χ0) is 23.0. The number of anilines is 1. The molecule has 0 aliphatic carbocycles. The monoisotopic (exact) mass is 465 g/mol. The number of benzene rings is 2. The maximum Gasteiger partial charge on any atom is 0.412 e. The van der Waals surface area contributed by atoms with Crippen molar-refractivity contribution in [2.24, 2.45) is 0 Å². The summed E-state index contributed by atoms with van der Waals surface area (Å²) in [7, 11) is 0. The normalized spacial score (nSPS) is 27.5. The van der Waals surface area contributed by atoms with Crippen LogP contribution < -0.4 is 9.64 Å². The molecule has 2 heterocycles. The van der Waals surface area contributed by atoms with E-state index in [1.54, 1.807) is 30.3 Å². The topological polar surface area (TPSA) is 140 Å². The lowest BCUT2D eigenvalue weighted by Gasteiger charge is -2.40. The van der Waals surface area contributed by atoms with E-state index in [0.717, 1.165) is 5.56 Å². The first-order valence-electron chi connectivity index (χ1n) is 10.1. The molecule has 0 radical (unpaired) electrons. The lowest BCUT2D eigenvalue weighted by Crippen LogP contribution is -2.55. The van der Waals surface area contributed by atoms with Crippen molar-refractivity contribution in [2.75, 3.05) is 24.7 Å². The first kappa shape index (κ1) is 22.8. The molecule has 1 fully saturated rings. The summed E-state index contributed by atoms with van der Waals surface area (Å²) in [4.78, 5) is 12.8. The predicted octanol–water partition coefficient (Wildman–Crippen LogP) is 1.32. The summed E-state index contributed by atoms with van der Waals surface area (Å²) in [6, 6.07) is 10.3. The molecule has 2 aromatic rings. The van der Waals surface area contributed by atoms with Crippen molar-refractivity contribution in [3.63, 3.8) is 0 Å². The molecule has 1 saturated heterocycles. The van der Waals surface area contributed by atoms with Gasteiger partial charge in [0, 0.05) is 5.02 Å². The molecule has 0 bridgehead atoms. The van der Waals surface area contributed by atoms with Gasteiger partial charge >= 0.3 is 6.09 Å². The van der Waals surface area contributed by atoms with Crippen LogP contribution in [-0.2, 0) is 11.2 Å². The number of nitrogens with zero attached hydrogens (tertiary/aromatic N) is 1. The van der Waals surface area contributed by atoms with Gasteiger partial charge in [0.1, 0.15) is 42.9 Å². The number of fused-ring (bicyclic) bond motifs is 1. The standard InChI is InChI=1S/C22H24ClNO8/c23-14-3-2-12(21-20(28)19(27)18(26)17(10-25)32-21)9-13(14)7-11-1-4-16-15(8-11)24(22(29)30)5-6-31-16/h1-4,8-9,17-21,25-28H,5-7,10H2,(H,29,30)/t17-,18-,19+,20-,21+/m1/s1. The van der Waals surface area contributed by atoms with Crippen molar-refractivity contribution in [1.82, 2.24) is 0 Å². The molecule has 1 amide bonds. The predicted molar refractivity (Wildman–Crippen MR) is 114 cm³/mol. The SMILES string of the molecule is O=C(O)N1CCOc2ccc(Cc3cc([C@@H]4O[C@H](CO)[C@@H](O)[C@H](O)[C@H]4O)ccc3Cl)cc21. The number of halogens is 1. The number of ether oxygens (including phenoxy) is 2. The number of aliphatic hydroxyl groups is 4. The Hall–Kier alpha value is -2.40. The Kier molecular flexibility index (Phi) is 6.57. The van der Waals surface area contributed by atoms with Crippen LogP contribution in [0.3, 0.4) is 0 Å². The molecule has 0 saturated carbocycles. The average Bonchev–Trinajstić information content (AvgIpc) is 2.79. The molecule has 0 spiro atoms. The van der Waals surface area contributed by atoms with Crippen LogP contribution in [-0.4, -0.2) is 75.8 Å². The summed E-state index contributed by atoms with van der Waals surface area (Å²) in [5.41, 5.74) is 2.48. The van der Waals surface area contributed by atoms with E-state index in [1.807, 2.05) is 6.07 Å². The van der Waals surface area contributed by atoms with Gasteiger partial charge in [-0.05, 0) is 41.3 Å². The van der Waals surface area contributed by atoms with Gasteiger partial charge in [-0.1, -0.05) is 29.8 Å². The lowest BCUT2D eigenvalue weighted by molar-refractivity contribution is -0.231. The van der Waals surface area contributed by atoms with Gasteiger partial charge in [0.25, 0.3) is 0 Å². The van der Waals surface area contributed by atoms with Crippen molar-refractivity contribution in [3.8, 4) is 5.75 Å². The third kappa shape index (κ3) is 4.27. The van der Waals surface area contributed by atoms with Crippen molar-refractivity contribution in [1.29, 1.82) is 0 Å². The van der Waals surface area contributed by atoms with E-state index in [2.05, 4.69) is 0 Å². The molecule has 2 aromatic carbocycles. The van der Waals surface area contributed by atoms with Gasteiger partial charge in [-0.3, -0.25) is 4.90 Å². The van der Waals surface area contributed by atoms with Gasteiger partial charge in [0.15, 0.2) is 0 Å². The highest BCUT2D eigenvalue weighted by atomic mass is 35.5. The summed E-state index contributed by atoms with van der Waals surface area (Å²) >= 11 is 6.39. The average molecular weight is 466 g/mol. The van der Waals surface area contributed by atoms with E-state index in [4.69, 9.17) is 21.1 Å². The Labute approximate surface area is 189 Å². The maximum absolute atomic E-state index is 11.5. The van der Waals surface area contributed by atoms with E-state index >= 15 is 0 Å². The molecule has 5 atom stereocenters. The molecule has 172 valence electrons. The zero-order valence-electron chi connectivity index (χ0n) is 17.0. The van der Waals surface area contributed by atoms with Gasteiger partial charge in [-0.25, -0.2) is 4.79 Å². The second kappa shape index (κ2) is 9.22. The van der Waals surface area contributed by atoms with Crippen LogP contribution in [0.25, 0.3) is 0 Å². The minimum Gasteiger partial charge on any atom is -0.490 e. The fourth-order valence-electron chi connectivity index (χ4n) is 4.08. The van der Waals surface area contributed by atoms with Crippen molar-refractivity contribution < 1.29 is 39.8 Å². The molecular formula is C22H24ClNO8. The minimum atomic E-state index is -1.48. The summed E-state index contributed by atoms with van der Waals surface area (Å²) < 4.78 is 11.2. The van der Waals surface area contributed by atoms with E-state index in [9.17, 15) is 30.3 Å².